The molecule has 0 atom stereocenters. The Morgan fingerprint density at radius 1 is 1.41 bits per heavy atom. The summed E-state index contributed by atoms with van der Waals surface area (Å²) in [5.74, 6) is 1.61. The van der Waals surface area contributed by atoms with Crippen molar-refractivity contribution in [3.05, 3.63) is 23.3 Å². The minimum atomic E-state index is 0.621. The number of aryl methyl sites for hydroxylation is 1. The Labute approximate surface area is 104 Å². The van der Waals surface area contributed by atoms with E-state index in [0.717, 1.165) is 31.3 Å². The van der Waals surface area contributed by atoms with Gasteiger partial charge in [0.1, 0.15) is 5.82 Å². The second-order valence-electron chi connectivity index (χ2n) is 5.36. The van der Waals surface area contributed by atoms with Crippen LogP contribution in [0.15, 0.2) is 6.20 Å². The fourth-order valence-corrected chi connectivity index (χ4v) is 1.94. The summed E-state index contributed by atoms with van der Waals surface area (Å²) in [6.07, 6.45) is 6.64. The molecular formula is C14H23N3. The van der Waals surface area contributed by atoms with Crippen molar-refractivity contribution in [3.8, 4) is 0 Å². The summed E-state index contributed by atoms with van der Waals surface area (Å²) in [6, 6.07) is 0.745. The molecule has 17 heavy (non-hydrogen) atoms. The van der Waals surface area contributed by atoms with Gasteiger partial charge in [0.05, 0.1) is 0 Å². The van der Waals surface area contributed by atoms with Gasteiger partial charge in [-0.15, -0.1) is 0 Å². The molecule has 1 fully saturated rings. The molecule has 1 aromatic rings. The van der Waals surface area contributed by atoms with Gasteiger partial charge in [-0.25, -0.2) is 9.97 Å². The van der Waals surface area contributed by atoms with Crippen LogP contribution in [0.2, 0.25) is 0 Å². The van der Waals surface area contributed by atoms with Crippen LogP contribution in [-0.2, 0) is 19.4 Å². The van der Waals surface area contributed by atoms with Gasteiger partial charge in [-0.2, -0.15) is 0 Å². The minimum Gasteiger partial charge on any atom is -0.310 e. The Balaban J connectivity index is 2.03. The first-order chi connectivity index (χ1) is 8.19. The second kappa shape index (κ2) is 5.58. The fraction of sp³-hybridized carbons (Fsp3) is 0.714. The number of rotatable bonds is 6. The molecule has 1 heterocycles. The molecule has 1 aliphatic rings. The number of nitrogens with one attached hydrogen (secondary N) is 1. The summed E-state index contributed by atoms with van der Waals surface area (Å²) >= 11 is 0. The van der Waals surface area contributed by atoms with E-state index < -0.39 is 0 Å². The highest BCUT2D eigenvalue weighted by atomic mass is 15.0. The average Bonchev–Trinajstić information content (AvgIpc) is 3.10. The smallest absolute Gasteiger partial charge is 0.128 e. The van der Waals surface area contributed by atoms with Crippen molar-refractivity contribution in [2.75, 3.05) is 0 Å². The number of aromatic nitrogens is 2. The SMILES string of the molecule is CCc1nc(CC(C)C)ncc1CNC1CC1. The van der Waals surface area contributed by atoms with E-state index in [1.807, 2.05) is 6.20 Å². The van der Waals surface area contributed by atoms with Crippen LogP contribution in [0.1, 0.15) is 50.7 Å². The van der Waals surface area contributed by atoms with Crippen LogP contribution in [0.4, 0.5) is 0 Å². The molecule has 94 valence electrons. The van der Waals surface area contributed by atoms with E-state index in [9.17, 15) is 0 Å². The lowest BCUT2D eigenvalue weighted by atomic mass is 10.1. The fourth-order valence-electron chi connectivity index (χ4n) is 1.94. The van der Waals surface area contributed by atoms with E-state index in [0.29, 0.717) is 5.92 Å². The average molecular weight is 233 g/mol. The third kappa shape index (κ3) is 3.77. The number of nitrogens with zero attached hydrogens (tertiary/aromatic N) is 2. The summed E-state index contributed by atoms with van der Waals surface area (Å²) in [5, 5.41) is 3.53. The Hall–Kier alpha value is -0.960. The van der Waals surface area contributed by atoms with Gasteiger partial charge < -0.3 is 5.32 Å². The maximum Gasteiger partial charge on any atom is 0.128 e. The van der Waals surface area contributed by atoms with Crippen LogP contribution < -0.4 is 5.32 Å². The normalized spacial score (nSPS) is 15.5. The largest absolute Gasteiger partial charge is 0.310 e. The molecule has 0 unspecified atom stereocenters. The summed E-state index contributed by atoms with van der Waals surface area (Å²) in [5.41, 5.74) is 2.48. The zero-order chi connectivity index (χ0) is 12.3. The molecule has 0 saturated heterocycles. The van der Waals surface area contributed by atoms with E-state index in [-0.39, 0.29) is 0 Å². The molecule has 0 radical (unpaired) electrons. The Morgan fingerprint density at radius 2 is 2.18 bits per heavy atom. The molecule has 0 aliphatic heterocycles. The van der Waals surface area contributed by atoms with E-state index in [1.165, 1.54) is 24.1 Å². The molecule has 3 nitrogen and oxygen atoms in total. The monoisotopic (exact) mass is 233 g/mol. The first kappa shape index (κ1) is 12.5. The van der Waals surface area contributed by atoms with Crippen molar-refractivity contribution in [1.82, 2.24) is 15.3 Å². The van der Waals surface area contributed by atoms with Crippen molar-refractivity contribution in [3.63, 3.8) is 0 Å². The van der Waals surface area contributed by atoms with E-state index in [2.05, 4.69) is 36.1 Å². The first-order valence-electron chi connectivity index (χ1n) is 6.76. The molecule has 0 spiro atoms. The third-order valence-corrected chi connectivity index (χ3v) is 3.09. The van der Waals surface area contributed by atoms with Crippen LogP contribution in [0.5, 0.6) is 0 Å². The van der Waals surface area contributed by atoms with Gasteiger partial charge in [-0.3, -0.25) is 0 Å². The van der Waals surface area contributed by atoms with E-state index in [1.54, 1.807) is 0 Å². The third-order valence-electron chi connectivity index (χ3n) is 3.09. The van der Waals surface area contributed by atoms with E-state index in [4.69, 9.17) is 0 Å². The highest BCUT2D eigenvalue weighted by Crippen LogP contribution is 2.19. The van der Waals surface area contributed by atoms with Gasteiger partial charge in [-0.05, 0) is 25.2 Å². The summed E-state index contributed by atoms with van der Waals surface area (Å²) in [7, 11) is 0. The predicted octanol–water partition coefficient (Wildman–Crippen LogP) is 2.49. The van der Waals surface area contributed by atoms with Crippen LogP contribution in [0.3, 0.4) is 0 Å². The molecule has 0 amide bonds. The van der Waals surface area contributed by atoms with Crippen molar-refractivity contribution >= 4 is 0 Å². The van der Waals surface area contributed by atoms with Crippen LogP contribution in [-0.4, -0.2) is 16.0 Å². The molecule has 1 N–H and O–H groups in total. The van der Waals surface area contributed by atoms with Gasteiger partial charge >= 0.3 is 0 Å². The molecule has 1 aromatic heterocycles. The van der Waals surface area contributed by atoms with Crippen LogP contribution >= 0.6 is 0 Å². The maximum atomic E-state index is 4.68. The quantitative estimate of drug-likeness (QED) is 0.820. The molecule has 0 aromatic carbocycles. The minimum absolute atomic E-state index is 0.621. The number of hydrogen-bond acceptors (Lipinski definition) is 3. The molecule has 0 bridgehead atoms. The van der Waals surface area contributed by atoms with Gasteiger partial charge in [0, 0.05) is 36.5 Å². The molecule has 2 rings (SSSR count). The van der Waals surface area contributed by atoms with Crippen molar-refractivity contribution in [2.24, 2.45) is 5.92 Å². The molecular weight excluding hydrogens is 210 g/mol. The Kier molecular flexibility index (Phi) is 4.11. The lowest BCUT2D eigenvalue weighted by Crippen LogP contribution is -2.18. The highest BCUT2D eigenvalue weighted by Gasteiger charge is 2.20. The van der Waals surface area contributed by atoms with Crippen LogP contribution in [0, 0.1) is 5.92 Å². The lowest BCUT2D eigenvalue weighted by Gasteiger charge is -2.10. The predicted molar refractivity (Wildman–Crippen MR) is 69.8 cm³/mol. The molecule has 3 heteroatoms. The van der Waals surface area contributed by atoms with Gasteiger partial charge in [0.15, 0.2) is 0 Å². The van der Waals surface area contributed by atoms with Crippen molar-refractivity contribution in [2.45, 2.75) is 59.0 Å². The summed E-state index contributed by atoms with van der Waals surface area (Å²) in [4.78, 5) is 9.15. The molecule has 1 saturated carbocycles. The zero-order valence-electron chi connectivity index (χ0n) is 11.2. The summed E-state index contributed by atoms with van der Waals surface area (Å²) < 4.78 is 0. The van der Waals surface area contributed by atoms with Gasteiger partial charge in [0.25, 0.3) is 0 Å². The van der Waals surface area contributed by atoms with Crippen LogP contribution in [0.25, 0.3) is 0 Å². The Morgan fingerprint density at radius 3 is 2.76 bits per heavy atom. The van der Waals surface area contributed by atoms with E-state index >= 15 is 0 Å². The second-order valence-corrected chi connectivity index (χ2v) is 5.36. The Bertz CT molecular complexity index is 370. The first-order valence-corrected chi connectivity index (χ1v) is 6.76. The van der Waals surface area contributed by atoms with Crippen molar-refractivity contribution in [1.29, 1.82) is 0 Å². The van der Waals surface area contributed by atoms with Gasteiger partial charge in [0.2, 0.25) is 0 Å². The topological polar surface area (TPSA) is 37.8 Å². The zero-order valence-corrected chi connectivity index (χ0v) is 11.2. The van der Waals surface area contributed by atoms with Gasteiger partial charge in [-0.1, -0.05) is 20.8 Å². The lowest BCUT2D eigenvalue weighted by molar-refractivity contribution is 0.611. The maximum absolute atomic E-state index is 4.68. The number of hydrogen-bond donors (Lipinski definition) is 1. The standard InChI is InChI=1S/C14H23N3/c1-4-13-11(8-15-12-5-6-12)9-16-14(17-13)7-10(2)3/h9-10,12,15H,4-8H2,1-3H3. The van der Waals surface area contributed by atoms with Crippen molar-refractivity contribution < 1.29 is 0 Å². The highest BCUT2D eigenvalue weighted by molar-refractivity contribution is 5.18. The molecule has 1 aliphatic carbocycles. The summed E-state index contributed by atoms with van der Waals surface area (Å²) in [6.45, 7) is 7.51.